The van der Waals surface area contributed by atoms with Gasteiger partial charge in [-0.25, -0.2) is 0 Å². The molecule has 1 unspecified atom stereocenters. The molecule has 3 aromatic rings. The van der Waals surface area contributed by atoms with Crippen molar-refractivity contribution in [2.75, 3.05) is 43.6 Å². The zero-order valence-electron chi connectivity index (χ0n) is 20.9. The maximum absolute atomic E-state index is 9.45. The van der Waals surface area contributed by atoms with Crippen LogP contribution < -0.4 is 9.80 Å². The second-order valence-corrected chi connectivity index (χ2v) is 9.20. The number of benzene rings is 3. The van der Waals surface area contributed by atoms with Crippen LogP contribution in [0.4, 0.5) is 11.4 Å². The lowest BCUT2D eigenvalue weighted by Crippen LogP contribution is -2.45. The summed E-state index contributed by atoms with van der Waals surface area (Å²) in [4.78, 5) is 6.46. The number of likely N-dealkylation sites (N-methyl/N-ethyl adjacent to an activating group) is 1. The number of aryl methyl sites for hydroxylation is 2. The Labute approximate surface area is 204 Å². The van der Waals surface area contributed by atoms with E-state index in [1.165, 1.54) is 28.6 Å². The molecule has 5 heteroatoms. The van der Waals surface area contributed by atoms with Crippen LogP contribution in [-0.4, -0.2) is 56.2 Å². The van der Waals surface area contributed by atoms with Gasteiger partial charge < -0.3 is 19.8 Å². The Morgan fingerprint density at radius 1 is 0.824 bits per heavy atom. The van der Waals surface area contributed by atoms with Gasteiger partial charge in [0, 0.05) is 26.7 Å². The quantitative estimate of drug-likeness (QED) is 0.300. The van der Waals surface area contributed by atoms with Crippen LogP contribution in [0.5, 0.6) is 0 Å². The van der Waals surface area contributed by atoms with E-state index in [9.17, 15) is 5.11 Å². The summed E-state index contributed by atoms with van der Waals surface area (Å²) in [6.07, 6.45) is 2.26. The molecule has 0 radical (unpaired) electrons. The fourth-order valence-electron chi connectivity index (χ4n) is 4.30. The average molecular weight is 459 g/mol. The molecular formula is C29H38N4O. The van der Waals surface area contributed by atoms with Crippen molar-refractivity contribution in [3.8, 4) is 0 Å². The highest BCUT2D eigenvalue weighted by Crippen LogP contribution is 2.31. The number of aliphatic hydroxyl groups is 1. The molecule has 0 bridgehead atoms. The molecule has 0 spiro atoms. The topological polar surface area (TPSA) is 53.8 Å². The van der Waals surface area contributed by atoms with Crippen molar-refractivity contribution in [3.63, 3.8) is 0 Å². The molecular weight excluding hydrogens is 420 g/mol. The minimum Gasteiger partial charge on any atom is -0.395 e. The molecule has 180 valence electrons. The fraction of sp³-hybridized carbons (Fsp3) is 0.345. The third-order valence-corrected chi connectivity index (χ3v) is 6.24. The predicted molar refractivity (Wildman–Crippen MR) is 144 cm³/mol. The minimum atomic E-state index is 0.0469. The van der Waals surface area contributed by atoms with Gasteiger partial charge in [-0.15, -0.1) is 0 Å². The summed E-state index contributed by atoms with van der Waals surface area (Å²) < 4.78 is 0. The summed E-state index contributed by atoms with van der Waals surface area (Å²) in [5, 5.41) is 17.8. The summed E-state index contributed by atoms with van der Waals surface area (Å²) in [6.45, 7) is 6.45. The van der Waals surface area contributed by atoms with Gasteiger partial charge >= 0.3 is 0 Å². The number of nitrogens with zero attached hydrogens (tertiary/aromatic N) is 3. The summed E-state index contributed by atoms with van der Waals surface area (Å²) in [7, 11) is 4.13. The van der Waals surface area contributed by atoms with E-state index in [4.69, 9.17) is 5.41 Å². The largest absolute Gasteiger partial charge is 0.395 e. The molecule has 0 saturated carbocycles. The number of anilines is 2. The van der Waals surface area contributed by atoms with Crippen LogP contribution in [-0.2, 0) is 13.0 Å². The molecule has 0 saturated heterocycles. The van der Waals surface area contributed by atoms with E-state index in [-0.39, 0.29) is 12.6 Å². The van der Waals surface area contributed by atoms with E-state index >= 15 is 0 Å². The third kappa shape index (κ3) is 6.92. The van der Waals surface area contributed by atoms with E-state index in [1.54, 1.807) is 0 Å². The molecule has 5 nitrogen and oxygen atoms in total. The maximum atomic E-state index is 9.45. The Bertz CT molecular complexity index is 1030. The SMILES string of the molecule is Cc1ccc(CC(CN(C)CCO)N(C=N)c2ccccc2N(C)Cc2ccc(C)cc2)cc1. The van der Waals surface area contributed by atoms with Gasteiger partial charge in [0.1, 0.15) is 0 Å². The molecule has 2 N–H and O–H groups in total. The second kappa shape index (κ2) is 12.4. The van der Waals surface area contributed by atoms with Gasteiger partial charge in [0.25, 0.3) is 0 Å². The van der Waals surface area contributed by atoms with Gasteiger partial charge in [0.2, 0.25) is 0 Å². The molecule has 0 amide bonds. The Balaban J connectivity index is 1.91. The van der Waals surface area contributed by atoms with E-state index in [2.05, 4.69) is 102 Å². The van der Waals surface area contributed by atoms with Crippen molar-refractivity contribution in [1.29, 1.82) is 5.41 Å². The normalized spacial score (nSPS) is 11.9. The van der Waals surface area contributed by atoms with Gasteiger partial charge in [-0.1, -0.05) is 71.8 Å². The summed E-state index contributed by atoms with van der Waals surface area (Å²) in [5.74, 6) is 0. The minimum absolute atomic E-state index is 0.0469. The molecule has 0 aliphatic carbocycles. The van der Waals surface area contributed by atoms with Gasteiger partial charge in [0.05, 0.1) is 30.4 Å². The number of aliphatic hydroxyl groups excluding tert-OH is 1. The average Bonchev–Trinajstić information content (AvgIpc) is 2.83. The molecule has 34 heavy (non-hydrogen) atoms. The van der Waals surface area contributed by atoms with Gasteiger partial charge in [-0.05, 0) is 50.6 Å². The lowest BCUT2D eigenvalue weighted by Gasteiger charge is -2.35. The first-order valence-corrected chi connectivity index (χ1v) is 11.9. The Morgan fingerprint density at radius 3 is 1.94 bits per heavy atom. The molecule has 1 atom stereocenters. The number of hydrogen-bond donors (Lipinski definition) is 2. The van der Waals surface area contributed by atoms with E-state index in [0.717, 1.165) is 30.9 Å². The lowest BCUT2D eigenvalue weighted by atomic mass is 10.0. The highest BCUT2D eigenvalue weighted by molar-refractivity contribution is 5.85. The van der Waals surface area contributed by atoms with Gasteiger partial charge in [-0.2, -0.15) is 0 Å². The third-order valence-electron chi connectivity index (χ3n) is 6.24. The van der Waals surface area contributed by atoms with Crippen LogP contribution in [0.15, 0.2) is 72.8 Å². The monoisotopic (exact) mass is 458 g/mol. The molecule has 0 fully saturated rings. The first-order chi connectivity index (χ1) is 16.4. The van der Waals surface area contributed by atoms with Crippen molar-refractivity contribution < 1.29 is 5.11 Å². The number of hydrogen-bond acceptors (Lipinski definition) is 4. The smallest absolute Gasteiger partial charge is 0.0865 e. The standard InChI is InChI=1S/C29H38N4O/c1-23-9-13-25(14-10-23)19-27(21-31(3)17-18-34)33(22-30)29-8-6-5-7-28(29)32(4)20-26-15-11-24(2)12-16-26/h5-16,22,27,30,34H,17-21H2,1-4H3. The molecule has 0 aliphatic rings. The van der Waals surface area contributed by atoms with E-state index < -0.39 is 0 Å². The second-order valence-electron chi connectivity index (χ2n) is 9.20. The summed E-state index contributed by atoms with van der Waals surface area (Å²) >= 11 is 0. The van der Waals surface area contributed by atoms with Crippen LogP contribution in [0.2, 0.25) is 0 Å². The van der Waals surface area contributed by atoms with Crippen molar-refractivity contribution >= 4 is 17.7 Å². The lowest BCUT2D eigenvalue weighted by molar-refractivity contribution is 0.214. The predicted octanol–water partition coefficient (Wildman–Crippen LogP) is 4.89. The first-order valence-electron chi connectivity index (χ1n) is 11.9. The number of rotatable bonds is 12. The molecule has 0 aromatic heterocycles. The Kier molecular flexibility index (Phi) is 9.25. The van der Waals surface area contributed by atoms with Crippen molar-refractivity contribution in [1.82, 2.24) is 4.90 Å². The zero-order chi connectivity index (χ0) is 24.5. The summed E-state index contributed by atoms with van der Waals surface area (Å²) in [5.41, 5.74) is 7.10. The summed E-state index contributed by atoms with van der Waals surface area (Å²) in [6, 6.07) is 25.6. The molecule has 0 aliphatic heterocycles. The van der Waals surface area contributed by atoms with Crippen LogP contribution in [0.1, 0.15) is 22.3 Å². The molecule has 3 aromatic carbocycles. The van der Waals surface area contributed by atoms with Gasteiger partial charge in [-0.3, -0.25) is 5.41 Å². The van der Waals surface area contributed by atoms with Crippen LogP contribution in [0, 0.1) is 19.3 Å². The number of nitrogens with one attached hydrogen (secondary N) is 1. The zero-order valence-corrected chi connectivity index (χ0v) is 20.9. The molecule has 0 heterocycles. The van der Waals surface area contributed by atoms with Crippen LogP contribution in [0.25, 0.3) is 0 Å². The van der Waals surface area contributed by atoms with E-state index in [1.807, 2.05) is 13.1 Å². The van der Waals surface area contributed by atoms with Crippen molar-refractivity contribution in [2.45, 2.75) is 32.9 Å². The van der Waals surface area contributed by atoms with Crippen molar-refractivity contribution in [3.05, 3.63) is 95.1 Å². The fourth-order valence-corrected chi connectivity index (χ4v) is 4.30. The first kappa shape index (κ1) is 25.5. The maximum Gasteiger partial charge on any atom is 0.0865 e. The van der Waals surface area contributed by atoms with Crippen molar-refractivity contribution in [2.24, 2.45) is 0 Å². The molecule has 3 rings (SSSR count). The Morgan fingerprint density at radius 2 is 1.38 bits per heavy atom. The van der Waals surface area contributed by atoms with Gasteiger partial charge in [0.15, 0.2) is 0 Å². The Hall–Kier alpha value is -3.15. The highest BCUT2D eigenvalue weighted by Gasteiger charge is 2.23. The highest BCUT2D eigenvalue weighted by atomic mass is 16.3. The number of para-hydroxylation sites is 2. The van der Waals surface area contributed by atoms with Crippen LogP contribution in [0.3, 0.4) is 0 Å². The van der Waals surface area contributed by atoms with E-state index in [0.29, 0.717) is 6.54 Å². The van der Waals surface area contributed by atoms with Crippen LogP contribution >= 0.6 is 0 Å².